The van der Waals surface area contributed by atoms with Crippen LogP contribution in [0.25, 0.3) is 0 Å². The highest BCUT2D eigenvalue weighted by Crippen LogP contribution is 2.37. The number of hydrogen-bond acceptors (Lipinski definition) is 6. The molecule has 1 N–H and O–H groups in total. The van der Waals surface area contributed by atoms with Crippen LogP contribution in [0.15, 0.2) is 72.8 Å². The Kier molecular flexibility index (Phi) is 9.01. The molecule has 0 saturated heterocycles. The van der Waals surface area contributed by atoms with Crippen molar-refractivity contribution in [1.29, 1.82) is 0 Å². The summed E-state index contributed by atoms with van der Waals surface area (Å²) in [6, 6.07) is 17.9. The van der Waals surface area contributed by atoms with Crippen molar-refractivity contribution in [1.82, 2.24) is 14.1 Å². The van der Waals surface area contributed by atoms with Gasteiger partial charge in [0.05, 0.1) is 39.8 Å². The molecule has 0 bridgehead atoms. The van der Waals surface area contributed by atoms with Gasteiger partial charge in [0.2, 0.25) is 0 Å². The van der Waals surface area contributed by atoms with Gasteiger partial charge in [-0.05, 0) is 54.8 Å². The Morgan fingerprint density at radius 1 is 1.08 bits per heavy atom. The maximum Gasteiger partial charge on any atom is 0.416 e. The monoisotopic (exact) mass is 593 g/mol. The molecule has 0 aliphatic rings. The third-order valence-corrected chi connectivity index (χ3v) is 7.19. The molecule has 0 radical (unpaired) electrons. The molecular weight excluding hydrogens is 573 g/mol. The predicted molar refractivity (Wildman–Crippen MR) is 144 cm³/mol. The Bertz CT molecular complexity index is 1470. The van der Waals surface area contributed by atoms with Crippen molar-refractivity contribution in [3.8, 4) is 0 Å². The quantitative estimate of drug-likeness (QED) is 0.237. The lowest BCUT2D eigenvalue weighted by molar-refractivity contribution is -0.137. The second-order valence-corrected chi connectivity index (χ2v) is 10.4. The second-order valence-electron chi connectivity index (χ2n) is 8.64. The number of alkyl halides is 3. The van der Waals surface area contributed by atoms with Crippen molar-refractivity contribution >= 4 is 52.0 Å². The fraction of sp³-hybridized carbons (Fsp3) is 0.192. The molecule has 1 aromatic heterocycles. The van der Waals surface area contributed by atoms with Crippen LogP contribution in [0.1, 0.15) is 39.7 Å². The number of benzene rings is 3. The summed E-state index contributed by atoms with van der Waals surface area (Å²) < 4.78 is 74.7. The molecule has 0 aliphatic heterocycles. The standard InChI is InChI=1S/C26H22ClF3N4O3S2/c1-16(13-18-7-10-20(27)11-8-18)31-25(35)21-12-9-19(26(28,29)30)15-23(21)34(39(36)37)24-22(32-38-33-24)14-17-5-3-2-4-6-17/h2-12,15-16H,13-14H2,1H3,(H,31,35)(H,36,37)/p-1. The maximum absolute atomic E-state index is 13.6. The van der Waals surface area contributed by atoms with Gasteiger partial charge in [0.25, 0.3) is 5.91 Å². The van der Waals surface area contributed by atoms with Crippen molar-refractivity contribution in [3.05, 3.63) is 106 Å². The summed E-state index contributed by atoms with van der Waals surface area (Å²) >= 11 is 3.50. The zero-order valence-electron chi connectivity index (χ0n) is 20.3. The normalized spacial score (nSPS) is 13.1. The number of nitrogens with zero attached hydrogens (tertiary/aromatic N) is 3. The van der Waals surface area contributed by atoms with Gasteiger partial charge in [0.15, 0.2) is 5.82 Å². The first-order valence-corrected chi connectivity index (χ1v) is 13.7. The summed E-state index contributed by atoms with van der Waals surface area (Å²) in [5, 5.41) is 3.29. The van der Waals surface area contributed by atoms with Crippen molar-refractivity contribution in [2.45, 2.75) is 32.0 Å². The molecule has 39 heavy (non-hydrogen) atoms. The van der Waals surface area contributed by atoms with Crippen molar-refractivity contribution in [2.75, 3.05) is 4.31 Å². The average Bonchev–Trinajstić information content (AvgIpc) is 3.32. The summed E-state index contributed by atoms with van der Waals surface area (Å²) in [4.78, 5) is 13.3. The Hall–Kier alpha value is -3.32. The van der Waals surface area contributed by atoms with E-state index < -0.39 is 40.6 Å². The van der Waals surface area contributed by atoms with Crippen LogP contribution in [0.3, 0.4) is 0 Å². The van der Waals surface area contributed by atoms with Crippen LogP contribution in [0.2, 0.25) is 5.02 Å². The maximum atomic E-state index is 13.6. The average molecular weight is 594 g/mol. The molecule has 13 heteroatoms. The summed E-state index contributed by atoms with van der Waals surface area (Å²) in [7, 11) is 0. The van der Waals surface area contributed by atoms with Gasteiger partial charge in [-0.25, -0.2) is 0 Å². The highest BCUT2D eigenvalue weighted by atomic mass is 35.5. The Morgan fingerprint density at radius 3 is 2.41 bits per heavy atom. The lowest BCUT2D eigenvalue weighted by Crippen LogP contribution is -2.35. The van der Waals surface area contributed by atoms with Crippen LogP contribution in [0, 0.1) is 0 Å². The molecule has 0 saturated carbocycles. The Balaban J connectivity index is 1.71. The number of hydrogen-bond donors (Lipinski definition) is 1. The molecule has 0 fully saturated rings. The molecule has 2 atom stereocenters. The number of anilines is 2. The van der Waals surface area contributed by atoms with Gasteiger partial charge in [-0.3, -0.25) is 13.3 Å². The summed E-state index contributed by atoms with van der Waals surface area (Å²) in [5.41, 5.74) is 0.0225. The lowest BCUT2D eigenvalue weighted by atomic mass is 10.0. The van der Waals surface area contributed by atoms with Gasteiger partial charge in [-0.2, -0.15) is 21.9 Å². The molecular formula is C26H21ClF3N4O3S2-. The number of nitrogens with one attached hydrogen (secondary N) is 1. The molecule has 0 aliphatic carbocycles. The fourth-order valence-electron chi connectivity index (χ4n) is 3.92. The molecule has 1 amide bonds. The molecule has 3 aromatic carbocycles. The van der Waals surface area contributed by atoms with Gasteiger partial charge < -0.3 is 9.87 Å². The van der Waals surface area contributed by atoms with Crippen LogP contribution in [0.5, 0.6) is 0 Å². The third-order valence-electron chi connectivity index (χ3n) is 5.71. The van der Waals surface area contributed by atoms with Crippen molar-refractivity contribution in [2.24, 2.45) is 0 Å². The molecule has 1 heterocycles. The fourth-order valence-corrected chi connectivity index (χ4v) is 5.24. The smallest absolute Gasteiger partial charge is 0.416 e. The zero-order chi connectivity index (χ0) is 28.2. The summed E-state index contributed by atoms with van der Waals surface area (Å²) in [5.74, 6) is -0.928. The Labute approximate surface area is 234 Å². The van der Waals surface area contributed by atoms with Gasteiger partial charge in [0, 0.05) is 17.5 Å². The van der Waals surface area contributed by atoms with Gasteiger partial charge >= 0.3 is 6.18 Å². The van der Waals surface area contributed by atoms with E-state index in [0.29, 0.717) is 33.5 Å². The van der Waals surface area contributed by atoms with E-state index in [1.807, 2.05) is 6.07 Å². The third kappa shape index (κ3) is 7.21. The minimum absolute atomic E-state index is 0.180. The van der Waals surface area contributed by atoms with E-state index in [9.17, 15) is 26.7 Å². The van der Waals surface area contributed by atoms with E-state index in [-0.39, 0.29) is 23.5 Å². The van der Waals surface area contributed by atoms with E-state index >= 15 is 0 Å². The minimum Gasteiger partial charge on any atom is -0.755 e. The highest BCUT2D eigenvalue weighted by molar-refractivity contribution is 7.81. The molecule has 0 spiro atoms. The molecule has 204 valence electrons. The van der Waals surface area contributed by atoms with Gasteiger partial charge in [0.1, 0.15) is 5.69 Å². The largest absolute Gasteiger partial charge is 0.755 e. The number of carbonyl (C=O) groups excluding carboxylic acids is 1. The molecule has 4 rings (SSSR count). The molecule has 7 nitrogen and oxygen atoms in total. The van der Waals surface area contributed by atoms with Gasteiger partial charge in [-0.1, -0.05) is 54.1 Å². The number of aromatic nitrogens is 2. The first kappa shape index (κ1) is 28.7. The topological polar surface area (TPSA) is 98.2 Å². The number of rotatable bonds is 9. The number of carbonyl (C=O) groups is 1. The van der Waals surface area contributed by atoms with Crippen molar-refractivity contribution in [3.63, 3.8) is 0 Å². The number of amides is 1. The highest BCUT2D eigenvalue weighted by Gasteiger charge is 2.34. The van der Waals surface area contributed by atoms with Crippen LogP contribution in [-0.2, 0) is 30.3 Å². The predicted octanol–water partition coefficient (Wildman–Crippen LogP) is 6.09. The van der Waals surface area contributed by atoms with E-state index in [0.717, 1.165) is 23.3 Å². The van der Waals surface area contributed by atoms with E-state index in [2.05, 4.69) is 14.1 Å². The SMILES string of the molecule is CC(Cc1ccc(Cl)cc1)NC(=O)c1ccc(C(F)(F)F)cc1N(c1nsnc1Cc1ccccc1)S(=O)[O-]. The van der Waals surface area contributed by atoms with Crippen LogP contribution < -0.4 is 9.62 Å². The summed E-state index contributed by atoms with van der Waals surface area (Å²) in [6.45, 7) is 1.72. The minimum atomic E-state index is -4.78. The van der Waals surface area contributed by atoms with Gasteiger partial charge in [-0.15, -0.1) is 0 Å². The van der Waals surface area contributed by atoms with Crippen LogP contribution in [0.4, 0.5) is 24.7 Å². The Morgan fingerprint density at radius 2 is 1.77 bits per heavy atom. The van der Waals surface area contributed by atoms with E-state index in [4.69, 9.17) is 11.6 Å². The van der Waals surface area contributed by atoms with Crippen LogP contribution >= 0.6 is 23.3 Å². The number of halogens is 4. The van der Waals surface area contributed by atoms with E-state index in [1.54, 1.807) is 55.5 Å². The summed E-state index contributed by atoms with van der Waals surface area (Å²) in [6.07, 6.45) is -4.19. The first-order chi connectivity index (χ1) is 18.5. The van der Waals surface area contributed by atoms with Crippen molar-refractivity contribution < 1.29 is 26.7 Å². The van der Waals surface area contributed by atoms with Crippen LogP contribution in [-0.4, -0.2) is 29.5 Å². The first-order valence-electron chi connectivity index (χ1n) is 11.5. The molecule has 2 unspecified atom stereocenters. The zero-order valence-corrected chi connectivity index (χ0v) is 22.7. The molecule has 4 aromatic rings. The second kappa shape index (κ2) is 12.2. The van der Waals surface area contributed by atoms with E-state index in [1.165, 1.54) is 0 Å². The lowest BCUT2D eigenvalue weighted by Gasteiger charge is -2.28.